The standard InChI is InChI=1S/C30H33BF2N4O2/c1-3-26-28(37-17-14-23(32)18-27(37)35-26)29(38)34-19-20-4-8-24(9-5-20)36-15-12-22(13-16-36)21-6-10-25(11-7-21)39-30(2,31)33/h4-11,14,17-18,22H,3,12-13,15-16,19,31H2,1-2H3,(H,34,38). The van der Waals surface area contributed by atoms with Crippen LogP contribution in [-0.4, -0.2) is 42.0 Å². The van der Waals surface area contributed by atoms with Crippen LogP contribution < -0.4 is 15.0 Å². The summed E-state index contributed by atoms with van der Waals surface area (Å²) >= 11 is 0. The molecule has 1 aliphatic heterocycles. The van der Waals surface area contributed by atoms with Crippen LogP contribution in [0.5, 0.6) is 5.75 Å². The molecular weight excluding hydrogens is 497 g/mol. The highest BCUT2D eigenvalue weighted by molar-refractivity contribution is 6.13. The Morgan fingerprint density at radius 1 is 1.13 bits per heavy atom. The number of nitrogens with one attached hydrogen (secondary N) is 1. The van der Waals surface area contributed by atoms with Gasteiger partial charge in [0.2, 0.25) is 13.6 Å². The van der Waals surface area contributed by atoms with Crippen molar-refractivity contribution in [2.24, 2.45) is 0 Å². The smallest absolute Gasteiger partial charge is 0.270 e. The van der Waals surface area contributed by atoms with Crippen molar-refractivity contribution in [2.75, 3.05) is 18.0 Å². The number of aryl methyl sites for hydroxylation is 1. The number of anilines is 1. The SMILES string of the molecule is BC(C)(F)Oc1ccc(C2CCN(c3ccc(CNC(=O)c4c(CC)nc5cc(F)ccn45)cc3)CC2)cc1. The fourth-order valence-electron chi connectivity index (χ4n) is 5.21. The summed E-state index contributed by atoms with van der Waals surface area (Å²) in [4.78, 5) is 19.8. The lowest BCUT2D eigenvalue weighted by molar-refractivity contribution is 0.0391. The number of halogens is 2. The van der Waals surface area contributed by atoms with E-state index in [1.54, 1.807) is 10.6 Å². The van der Waals surface area contributed by atoms with Gasteiger partial charge in [-0.05, 0) is 73.6 Å². The van der Waals surface area contributed by atoms with Gasteiger partial charge in [0.25, 0.3) is 5.91 Å². The van der Waals surface area contributed by atoms with Gasteiger partial charge < -0.3 is 15.0 Å². The van der Waals surface area contributed by atoms with Gasteiger partial charge in [0.15, 0.2) is 0 Å². The van der Waals surface area contributed by atoms with Crippen LogP contribution in [0.15, 0.2) is 66.9 Å². The first-order valence-corrected chi connectivity index (χ1v) is 13.5. The van der Waals surface area contributed by atoms with E-state index in [1.165, 1.54) is 32.5 Å². The van der Waals surface area contributed by atoms with E-state index in [1.807, 2.05) is 43.3 Å². The molecule has 1 saturated heterocycles. The van der Waals surface area contributed by atoms with Crippen molar-refractivity contribution in [2.45, 2.75) is 51.3 Å². The van der Waals surface area contributed by atoms with E-state index < -0.39 is 5.75 Å². The molecule has 4 aromatic rings. The normalized spacial score (nSPS) is 15.7. The molecule has 1 aliphatic rings. The Labute approximate surface area is 228 Å². The van der Waals surface area contributed by atoms with Gasteiger partial charge in [-0.15, -0.1) is 0 Å². The van der Waals surface area contributed by atoms with Gasteiger partial charge in [0, 0.05) is 37.6 Å². The maximum absolute atomic E-state index is 13.7. The van der Waals surface area contributed by atoms with Crippen LogP contribution in [0.3, 0.4) is 0 Å². The molecule has 0 spiro atoms. The quantitative estimate of drug-likeness (QED) is 0.326. The van der Waals surface area contributed by atoms with Crippen LogP contribution in [0.1, 0.15) is 59.9 Å². The highest BCUT2D eigenvalue weighted by atomic mass is 19.2. The predicted molar refractivity (Wildman–Crippen MR) is 151 cm³/mol. The summed E-state index contributed by atoms with van der Waals surface area (Å²) in [5.74, 6) is -1.30. The second kappa shape index (κ2) is 11.1. The minimum atomic E-state index is -1.69. The Balaban J connectivity index is 1.15. The molecule has 1 atom stereocenters. The van der Waals surface area contributed by atoms with Crippen molar-refractivity contribution < 1.29 is 18.3 Å². The number of rotatable bonds is 8. The molecule has 1 fully saturated rings. The molecule has 0 bridgehead atoms. The minimum absolute atomic E-state index is 0.231. The van der Waals surface area contributed by atoms with Gasteiger partial charge in [-0.25, -0.2) is 13.8 Å². The molecule has 202 valence electrons. The average Bonchev–Trinajstić information content (AvgIpc) is 3.29. The summed E-state index contributed by atoms with van der Waals surface area (Å²) in [6.45, 7) is 5.61. The van der Waals surface area contributed by atoms with Gasteiger partial charge in [0.1, 0.15) is 22.9 Å². The lowest BCUT2D eigenvalue weighted by atomic mass is 9.89. The van der Waals surface area contributed by atoms with Gasteiger partial charge in [-0.3, -0.25) is 9.20 Å². The van der Waals surface area contributed by atoms with E-state index >= 15 is 0 Å². The summed E-state index contributed by atoms with van der Waals surface area (Å²) in [5, 5.41) is 2.99. The van der Waals surface area contributed by atoms with Gasteiger partial charge in [-0.2, -0.15) is 0 Å². The Morgan fingerprint density at radius 3 is 2.46 bits per heavy atom. The number of hydrogen-bond donors (Lipinski definition) is 1. The molecule has 0 saturated carbocycles. The molecule has 6 nitrogen and oxygen atoms in total. The Bertz CT molecular complexity index is 1440. The first-order chi connectivity index (χ1) is 18.7. The minimum Gasteiger partial charge on any atom is -0.467 e. The highest BCUT2D eigenvalue weighted by Gasteiger charge is 2.22. The molecule has 39 heavy (non-hydrogen) atoms. The molecule has 1 amide bonds. The van der Waals surface area contributed by atoms with E-state index in [0.717, 1.165) is 37.2 Å². The molecule has 0 aliphatic carbocycles. The Morgan fingerprint density at radius 2 is 1.82 bits per heavy atom. The number of carbonyl (C=O) groups excluding carboxylic acids is 1. The van der Waals surface area contributed by atoms with Crippen LogP contribution in [0, 0.1) is 5.82 Å². The van der Waals surface area contributed by atoms with Crippen molar-refractivity contribution in [1.29, 1.82) is 0 Å². The summed E-state index contributed by atoms with van der Waals surface area (Å²) in [6.07, 6.45) is 4.19. The average molecular weight is 530 g/mol. The van der Waals surface area contributed by atoms with E-state index in [-0.39, 0.29) is 11.7 Å². The van der Waals surface area contributed by atoms with Crippen molar-refractivity contribution in [3.05, 3.63) is 95.2 Å². The number of pyridine rings is 1. The molecule has 1 unspecified atom stereocenters. The number of ether oxygens (including phenoxy) is 1. The van der Waals surface area contributed by atoms with Crippen LogP contribution in [0.2, 0.25) is 0 Å². The van der Waals surface area contributed by atoms with Gasteiger partial charge in [0.05, 0.1) is 5.69 Å². The number of aromatic nitrogens is 2. The number of imidazole rings is 1. The third-order valence-electron chi connectivity index (χ3n) is 7.17. The molecule has 0 radical (unpaired) electrons. The number of piperidine rings is 1. The number of benzene rings is 2. The zero-order valence-electron chi connectivity index (χ0n) is 22.6. The summed E-state index contributed by atoms with van der Waals surface area (Å²) < 4.78 is 34.3. The second-order valence-corrected chi connectivity index (χ2v) is 10.5. The lowest BCUT2D eigenvalue weighted by Gasteiger charge is -2.34. The molecular formula is C30H33BF2N4O2. The first-order valence-electron chi connectivity index (χ1n) is 13.5. The molecule has 9 heteroatoms. The number of hydrogen-bond acceptors (Lipinski definition) is 4. The predicted octanol–water partition coefficient (Wildman–Crippen LogP) is 5.00. The number of nitrogens with zero attached hydrogens (tertiary/aromatic N) is 3. The molecule has 5 rings (SSSR count). The van der Waals surface area contributed by atoms with Crippen molar-refractivity contribution >= 4 is 25.1 Å². The number of carbonyl (C=O) groups is 1. The van der Waals surface area contributed by atoms with Crippen LogP contribution in [0.25, 0.3) is 5.65 Å². The number of amides is 1. The first kappa shape index (κ1) is 26.7. The van der Waals surface area contributed by atoms with Crippen LogP contribution >= 0.6 is 0 Å². The third-order valence-corrected chi connectivity index (χ3v) is 7.17. The third kappa shape index (κ3) is 6.24. The van der Waals surface area contributed by atoms with Crippen LogP contribution in [-0.2, 0) is 13.0 Å². The summed E-state index contributed by atoms with van der Waals surface area (Å²) in [7, 11) is 1.40. The van der Waals surface area contributed by atoms with Crippen molar-refractivity contribution in [3.63, 3.8) is 0 Å². The summed E-state index contributed by atoms with van der Waals surface area (Å²) in [6, 6.07) is 18.7. The summed E-state index contributed by atoms with van der Waals surface area (Å²) in [5.41, 5.74) is 4.93. The Hall–Kier alpha value is -3.88. The van der Waals surface area contributed by atoms with E-state index in [0.29, 0.717) is 41.7 Å². The number of alkyl halides is 1. The molecule has 2 aromatic carbocycles. The Kier molecular flexibility index (Phi) is 7.59. The van der Waals surface area contributed by atoms with Crippen LogP contribution in [0.4, 0.5) is 14.5 Å². The largest absolute Gasteiger partial charge is 0.467 e. The maximum atomic E-state index is 13.7. The maximum Gasteiger partial charge on any atom is 0.270 e. The highest BCUT2D eigenvalue weighted by Crippen LogP contribution is 2.32. The number of fused-ring (bicyclic) bond motifs is 1. The molecule has 3 heterocycles. The topological polar surface area (TPSA) is 58.9 Å². The zero-order valence-corrected chi connectivity index (χ0v) is 22.6. The van der Waals surface area contributed by atoms with Crippen molar-refractivity contribution in [3.8, 4) is 5.75 Å². The molecule has 2 aromatic heterocycles. The van der Waals surface area contributed by atoms with E-state index in [2.05, 4.69) is 27.3 Å². The second-order valence-electron chi connectivity index (χ2n) is 10.5. The fraction of sp³-hybridized carbons (Fsp3) is 0.333. The van der Waals surface area contributed by atoms with Crippen molar-refractivity contribution in [1.82, 2.24) is 14.7 Å². The van der Waals surface area contributed by atoms with Gasteiger partial charge >= 0.3 is 0 Å². The monoisotopic (exact) mass is 530 g/mol. The van der Waals surface area contributed by atoms with E-state index in [4.69, 9.17) is 4.74 Å². The zero-order chi connectivity index (χ0) is 27.6. The van der Waals surface area contributed by atoms with E-state index in [9.17, 15) is 13.6 Å². The van der Waals surface area contributed by atoms with Gasteiger partial charge in [-0.1, -0.05) is 31.2 Å². The lowest BCUT2D eigenvalue weighted by Crippen LogP contribution is -2.32. The molecule has 1 N–H and O–H groups in total. The fourth-order valence-corrected chi connectivity index (χ4v) is 5.21.